The SMILES string of the molecule is COc1ccc(C(=O)N2CCC[C@H](C(=O)NCC3CC3)C2)cc1OC. The van der Waals surface area contributed by atoms with Gasteiger partial charge in [0.1, 0.15) is 0 Å². The summed E-state index contributed by atoms with van der Waals surface area (Å²) in [5, 5.41) is 3.03. The van der Waals surface area contributed by atoms with Gasteiger partial charge in [0.2, 0.25) is 5.91 Å². The molecule has 2 amide bonds. The van der Waals surface area contributed by atoms with Gasteiger partial charge >= 0.3 is 0 Å². The van der Waals surface area contributed by atoms with Gasteiger partial charge in [-0.1, -0.05) is 0 Å². The van der Waals surface area contributed by atoms with Crippen molar-refractivity contribution in [1.29, 1.82) is 0 Å². The number of methoxy groups -OCH3 is 2. The molecule has 136 valence electrons. The lowest BCUT2D eigenvalue weighted by molar-refractivity contribution is -0.126. The fourth-order valence-corrected chi connectivity index (χ4v) is 3.24. The molecule has 2 fully saturated rings. The molecule has 2 aliphatic rings. The summed E-state index contributed by atoms with van der Waals surface area (Å²) in [5.74, 6) is 1.69. The molecule has 1 aromatic carbocycles. The first-order valence-corrected chi connectivity index (χ1v) is 8.91. The highest BCUT2D eigenvalue weighted by Crippen LogP contribution is 2.29. The fourth-order valence-electron chi connectivity index (χ4n) is 3.24. The Kier molecular flexibility index (Phi) is 5.46. The summed E-state index contributed by atoms with van der Waals surface area (Å²) in [6.45, 7) is 1.93. The average molecular weight is 346 g/mol. The van der Waals surface area contributed by atoms with E-state index in [9.17, 15) is 9.59 Å². The molecule has 1 aliphatic heterocycles. The molecule has 0 bridgehead atoms. The van der Waals surface area contributed by atoms with Crippen LogP contribution in [0.25, 0.3) is 0 Å². The van der Waals surface area contributed by atoms with Crippen LogP contribution >= 0.6 is 0 Å². The van der Waals surface area contributed by atoms with Crippen LogP contribution in [0.4, 0.5) is 0 Å². The molecule has 0 spiro atoms. The molecular weight excluding hydrogens is 320 g/mol. The normalized spacial score (nSPS) is 20.1. The number of rotatable bonds is 6. The van der Waals surface area contributed by atoms with Crippen LogP contribution in [-0.2, 0) is 4.79 Å². The minimum Gasteiger partial charge on any atom is -0.493 e. The average Bonchev–Trinajstić information content (AvgIpc) is 3.49. The van der Waals surface area contributed by atoms with E-state index in [1.165, 1.54) is 12.8 Å². The van der Waals surface area contributed by atoms with Crippen LogP contribution in [0, 0.1) is 11.8 Å². The second kappa shape index (κ2) is 7.76. The number of carbonyl (C=O) groups is 2. The Morgan fingerprint density at radius 3 is 2.60 bits per heavy atom. The first-order valence-electron chi connectivity index (χ1n) is 8.91. The van der Waals surface area contributed by atoms with E-state index >= 15 is 0 Å². The number of nitrogens with one attached hydrogen (secondary N) is 1. The van der Waals surface area contributed by atoms with Crippen molar-refractivity contribution in [3.8, 4) is 11.5 Å². The van der Waals surface area contributed by atoms with Gasteiger partial charge in [-0.25, -0.2) is 0 Å². The number of likely N-dealkylation sites (tertiary alicyclic amines) is 1. The Morgan fingerprint density at radius 2 is 1.92 bits per heavy atom. The van der Waals surface area contributed by atoms with Crippen LogP contribution in [0.5, 0.6) is 11.5 Å². The summed E-state index contributed by atoms with van der Waals surface area (Å²) in [6.07, 6.45) is 4.12. The van der Waals surface area contributed by atoms with Gasteiger partial charge in [0, 0.05) is 25.2 Å². The van der Waals surface area contributed by atoms with Gasteiger partial charge in [-0.15, -0.1) is 0 Å². The van der Waals surface area contributed by atoms with E-state index in [1.807, 2.05) is 0 Å². The predicted octanol–water partition coefficient (Wildman–Crippen LogP) is 2.08. The molecule has 1 saturated carbocycles. The third kappa shape index (κ3) is 4.24. The van der Waals surface area contributed by atoms with Gasteiger partial charge in [0.15, 0.2) is 11.5 Å². The quantitative estimate of drug-likeness (QED) is 0.856. The Bertz CT molecular complexity index is 642. The molecule has 6 heteroatoms. The molecule has 0 radical (unpaired) electrons. The second-order valence-corrected chi connectivity index (χ2v) is 6.85. The van der Waals surface area contributed by atoms with Crippen molar-refractivity contribution in [2.45, 2.75) is 25.7 Å². The number of ether oxygens (including phenoxy) is 2. The summed E-state index contributed by atoms with van der Waals surface area (Å²) >= 11 is 0. The topological polar surface area (TPSA) is 67.9 Å². The van der Waals surface area contributed by atoms with Crippen LogP contribution in [0.3, 0.4) is 0 Å². The molecule has 6 nitrogen and oxygen atoms in total. The van der Waals surface area contributed by atoms with Gasteiger partial charge in [-0.05, 0) is 49.8 Å². The lowest BCUT2D eigenvalue weighted by Crippen LogP contribution is -2.45. The number of hydrogen-bond acceptors (Lipinski definition) is 4. The molecule has 1 aromatic rings. The standard InChI is InChI=1S/C19H26N2O4/c1-24-16-8-7-14(10-17(16)25-2)19(23)21-9-3-4-15(12-21)18(22)20-11-13-5-6-13/h7-8,10,13,15H,3-6,9,11-12H2,1-2H3,(H,20,22)/t15-/m0/s1. The highest BCUT2D eigenvalue weighted by molar-refractivity contribution is 5.95. The van der Waals surface area contributed by atoms with E-state index in [4.69, 9.17) is 9.47 Å². The van der Waals surface area contributed by atoms with E-state index in [2.05, 4.69) is 5.32 Å². The highest BCUT2D eigenvalue weighted by Gasteiger charge is 2.30. The highest BCUT2D eigenvalue weighted by atomic mass is 16.5. The second-order valence-electron chi connectivity index (χ2n) is 6.85. The van der Waals surface area contributed by atoms with Crippen LogP contribution < -0.4 is 14.8 Å². The zero-order valence-corrected chi connectivity index (χ0v) is 14.9. The lowest BCUT2D eigenvalue weighted by atomic mass is 9.96. The monoisotopic (exact) mass is 346 g/mol. The van der Waals surface area contributed by atoms with E-state index in [1.54, 1.807) is 37.3 Å². The zero-order chi connectivity index (χ0) is 17.8. The number of piperidine rings is 1. The largest absolute Gasteiger partial charge is 0.493 e. The minimum atomic E-state index is -0.114. The Balaban J connectivity index is 1.63. The summed E-state index contributed by atoms with van der Waals surface area (Å²) < 4.78 is 10.5. The Morgan fingerprint density at radius 1 is 1.16 bits per heavy atom. The zero-order valence-electron chi connectivity index (χ0n) is 14.9. The van der Waals surface area contributed by atoms with Gasteiger partial charge in [0.25, 0.3) is 5.91 Å². The van der Waals surface area contributed by atoms with Crippen LogP contribution in [0.15, 0.2) is 18.2 Å². The molecule has 1 aliphatic carbocycles. The summed E-state index contributed by atoms with van der Waals surface area (Å²) in [7, 11) is 3.11. The maximum Gasteiger partial charge on any atom is 0.254 e. The van der Waals surface area contributed by atoms with Crippen LogP contribution in [0.1, 0.15) is 36.0 Å². The molecule has 3 rings (SSSR count). The van der Waals surface area contributed by atoms with Crippen LogP contribution in [-0.4, -0.2) is 50.6 Å². The van der Waals surface area contributed by atoms with Gasteiger partial charge < -0.3 is 19.7 Å². The molecule has 25 heavy (non-hydrogen) atoms. The third-order valence-corrected chi connectivity index (χ3v) is 4.97. The number of nitrogens with zero attached hydrogens (tertiary/aromatic N) is 1. The molecule has 1 N–H and O–H groups in total. The molecule has 1 atom stereocenters. The maximum atomic E-state index is 12.8. The number of hydrogen-bond donors (Lipinski definition) is 1. The predicted molar refractivity (Wildman–Crippen MR) is 93.9 cm³/mol. The Hall–Kier alpha value is -2.24. The summed E-state index contributed by atoms with van der Waals surface area (Å²) in [4.78, 5) is 26.9. The first kappa shape index (κ1) is 17.6. The number of benzene rings is 1. The molecule has 1 saturated heterocycles. The lowest BCUT2D eigenvalue weighted by Gasteiger charge is -2.32. The van der Waals surface area contributed by atoms with E-state index in [0.29, 0.717) is 36.1 Å². The summed E-state index contributed by atoms with van der Waals surface area (Å²) in [5.41, 5.74) is 0.552. The first-order chi connectivity index (χ1) is 12.1. The van der Waals surface area contributed by atoms with Crippen molar-refractivity contribution >= 4 is 11.8 Å². The molecule has 0 unspecified atom stereocenters. The number of amides is 2. The fraction of sp³-hybridized carbons (Fsp3) is 0.579. The number of carbonyl (C=O) groups excluding carboxylic acids is 2. The molecular formula is C19H26N2O4. The maximum absolute atomic E-state index is 12.8. The minimum absolute atomic E-state index is 0.0688. The van der Waals surface area contributed by atoms with Crippen LogP contribution in [0.2, 0.25) is 0 Å². The van der Waals surface area contributed by atoms with E-state index in [0.717, 1.165) is 19.4 Å². The smallest absolute Gasteiger partial charge is 0.254 e. The van der Waals surface area contributed by atoms with Crippen molar-refractivity contribution in [1.82, 2.24) is 10.2 Å². The molecule has 1 heterocycles. The van der Waals surface area contributed by atoms with Crippen molar-refractivity contribution in [2.75, 3.05) is 33.9 Å². The van der Waals surface area contributed by atoms with Crippen molar-refractivity contribution in [3.63, 3.8) is 0 Å². The van der Waals surface area contributed by atoms with Crippen molar-refractivity contribution in [2.24, 2.45) is 11.8 Å². The van der Waals surface area contributed by atoms with Gasteiger partial charge in [0.05, 0.1) is 20.1 Å². The van der Waals surface area contributed by atoms with Gasteiger partial charge in [-0.2, -0.15) is 0 Å². The third-order valence-electron chi connectivity index (χ3n) is 4.97. The Labute approximate surface area is 148 Å². The van der Waals surface area contributed by atoms with E-state index < -0.39 is 0 Å². The van der Waals surface area contributed by atoms with Crippen molar-refractivity contribution in [3.05, 3.63) is 23.8 Å². The molecule has 0 aromatic heterocycles. The van der Waals surface area contributed by atoms with E-state index in [-0.39, 0.29) is 17.7 Å². The summed E-state index contributed by atoms with van der Waals surface area (Å²) in [6, 6.07) is 5.16. The van der Waals surface area contributed by atoms with Crippen molar-refractivity contribution < 1.29 is 19.1 Å². The van der Waals surface area contributed by atoms with Gasteiger partial charge in [-0.3, -0.25) is 9.59 Å².